The highest BCUT2D eigenvalue weighted by molar-refractivity contribution is 5.80. The minimum Gasteiger partial charge on any atom is -0.393 e. The zero-order chi connectivity index (χ0) is 19.6. The van der Waals surface area contributed by atoms with Crippen molar-refractivity contribution in [3.05, 3.63) is 0 Å². The molecule has 0 aromatic heterocycles. The average Bonchev–Trinajstić information content (AvgIpc) is 2.51. The van der Waals surface area contributed by atoms with Crippen molar-refractivity contribution in [3.8, 4) is 0 Å². The van der Waals surface area contributed by atoms with Crippen LogP contribution < -0.4 is 0 Å². The summed E-state index contributed by atoms with van der Waals surface area (Å²) in [5.41, 5.74) is -0.233. The highest BCUT2D eigenvalue weighted by Crippen LogP contribution is 2.38. The largest absolute Gasteiger partial charge is 0.393 e. The van der Waals surface area contributed by atoms with E-state index < -0.39 is 0 Å². The Morgan fingerprint density at radius 2 is 1.27 bits per heavy atom. The quantitative estimate of drug-likeness (QED) is 0.413. The van der Waals surface area contributed by atoms with Crippen LogP contribution in [0.4, 0.5) is 0 Å². The zero-order valence-electron chi connectivity index (χ0n) is 18.3. The van der Waals surface area contributed by atoms with E-state index in [2.05, 4.69) is 39.5 Å². The van der Waals surface area contributed by atoms with Crippen molar-refractivity contribution in [2.24, 2.45) is 0 Å². The summed E-state index contributed by atoms with van der Waals surface area (Å²) in [5, 5.41) is 10.1. The van der Waals surface area contributed by atoms with E-state index in [0.29, 0.717) is 18.7 Å². The van der Waals surface area contributed by atoms with Crippen LogP contribution in [0.5, 0.6) is 0 Å². The minimum absolute atomic E-state index is 0.116. The number of nitrogens with zero attached hydrogens (tertiary/aromatic N) is 1. The molecular formula is C23H45NO2. The monoisotopic (exact) mass is 367 g/mol. The summed E-state index contributed by atoms with van der Waals surface area (Å²) in [6, 6.07) is 0. The molecule has 1 rings (SSSR count). The predicted octanol–water partition coefficient (Wildman–Crippen LogP) is 5.88. The highest BCUT2D eigenvalue weighted by Gasteiger charge is 2.45. The van der Waals surface area contributed by atoms with Gasteiger partial charge in [-0.2, -0.15) is 0 Å². The van der Waals surface area contributed by atoms with E-state index in [-0.39, 0.29) is 17.2 Å². The third kappa shape index (κ3) is 8.52. The van der Waals surface area contributed by atoms with Crippen LogP contribution in [0.2, 0.25) is 0 Å². The highest BCUT2D eigenvalue weighted by atomic mass is 16.3. The first-order valence-electron chi connectivity index (χ1n) is 11.2. The Labute approximate surface area is 162 Å². The molecule has 0 spiro atoms. The molecule has 0 saturated carbocycles. The lowest BCUT2D eigenvalue weighted by atomic mass is 9.78. The fourth-order valence-corrected chi connectivity index (χ4v) is 4.76. The number of piperidine rings is 1. The topological polar surface area (TPSA) is 40.5 Å². The lowest BCUT2D eigenvalue weighted by Crippen LogP contribution is -2.62. The SMILES string of the molecule is CCCCCCCCCCCCC(=O)CN1C(C)(C)CC(O)CC1(C)C. The molecule has 1 aliphatic rings. The maximum Gasteiger partial charge on any atom is 0.146 e. The van der Waals surface area contributed by atoms with Gasteiger partial charge in [0.1, 0.15) is 5.78 Å². The predicted molar refractivity (Wildman–Crippen MR) is 112 cm³/mol. The summed E-state index contributed by atoms with van der Waals surface area (Å²) in [4.78, 5) is 14.8. The molecule has 1 aliphatic heterocycles. The van der Waals surface area contributed by atoms with Crippen LogP contribution in [0, 0.1) is 0 Å². The number of aliphatic hydroxyl groups is 1. The Kier molecular flexibility index (Phi) is 10.4. The number of ketones is 1. The number of carbonyl (C=O) groups is 1. The number of aliphatic hydroxyl groups excluding tert-OH is 1. The van der Waals surface area contributed by atoms with Gasteiger partial charge in [-0.15, -0.1) is 0 Å². The van der Waals surface area contributed by atoms with Gasteiger partial charge in [0, 0.05) is 17.5 Å². The summed E-state index contributed by atoms with van der Waals surface area (Å²) in [6.07, 6.45) is 15.0. The normalized spacial score (nSPS) is 20.4. The number of hydrogen-bond donors (Lipinski definition) is 1. The standard InChI is InChI=1S/C23H45NO2/c1-6-7-8-9-10-11-12-13-14-15-16-20(25)19-24-22(2,3)17-21(26)18-23(24,4)5/h21,26H,6-19H2,1-5H3. The van der Waals surface area contributed by atoms with E-state index in [4.69, 9.17) is 0 Å². The van der Waals surface area contributed by atoms with Crippen molar-refractivity contribution >= 4 is 5.78 Å². The average molecular weight is 368 g/mol. The van der Waals surface area contributed by atoms with Crippen LogP contribution in [-0.4, -0.2) is 39.5 Å². The van der Waals surface area contributed by atoms with E-state index in [1.54, 1.807) is 0 Å². The van der Waals surface area contributed by atoms with E-state index >= 15 is 0 Å². The van der Waals surface area contributed by atoms with Crippen molar-refractivity contribution in [2.75, 3.05) is 6.54 Å². The molecule has 0 bridgehead atoms. The summed E-state index contributed by atoms with van der Waals surface area (Å²) >= 11 is 0. The van der Waals surface area contributed by atoms with E-state index in [9.17, 15) is 9.90 Å². The van der Waals surface area contributed by atoms with E-state index in [1.165, 1.54) is 57.8 Å². The van der Waals surface area contributed by atoms with Crippen LogP contribution in [0.15, 0.2) is 0 Å². The first kappa shape index (κ1) is 23.6. The third-order valence-corrected chi connectivity index (χ3v) is 6.08. The van der Waals surface area contributed by atoms with Crippen molar-refractivity contribution in [1.82, 2.24) is 4.90 Å². The van der Waals surface area contributed by atoms with E-state index in [1.807, 2.05) is 0 Å². The van der Waals surface area contributed by atoms with Crippen molar-refractivity contribution in [1.29, 1.82) is 0 Å². The van der Waals surface area contributed by atoms with E-state index in [0.717, 1.165) is 19.3 Å². The third-order valence-electron chi connectivity index (χ3n) is 6.08. The molecule has 0 radical (unpaired) electrons. The summed E-state index contributed by atoms with van der Waals surface area (Å²) in [5.74, 6) is 0.363. The van der Waals surface area contributed by atoms with Gasteiger partial charge in [0.15, 0.2) is 0 Å². The molecule has 26 heavy (non-hydrogen) atoms. The molecule has 0 amide bonds. The van der Waals surface area contributed by atoms with Gasteiger partial charge in [0.05, 0.1) is 12.6 Å². The maximum absolute atomic E-state index is 12.5. The molecule has 1 saturated heterocycles. The summed E-state index contributed by atoms with van der Waals surface area (Å²) < 4.78 is 0. The molecule has 1 fully saturated rings. The molecule has 3 nitrogen and oxygen atoms in total. The second kappa shape index (κ2) is 11.4. The molecule has 3 heteroatoms. The van der Waals surface area contributed by atoms with Gasteiger partial charge in [-0.25, -0.2) is 0 Å². The van der Waals surface area contributed by atoms with Crippen molar-refractivity contribution in [3.63, 3.8) is 0 Å². The van der Waals surface area contributed by atoms with Crippen LogP contribution >= 0.6 is 0 Å². The van der Waals surface area contributed by atoms with Gasteiger partial charge in [-0.3, -0.25) is 9.69 Å². The smallest absolute Gasteiger partial charge is 0.146 e. The van der Waals surface area contributed by atoms with Gasteiger partial charge in [-0.1, -0.05) is 64.7 Å². The molecule has 0 aromatic rings. The molecule has 0 atom stereocenters. The molecule has 154 valence electrons. The van der Waals surface area contributed by atoms with Crippen LogP contribution in [-0.2, 0) is 4.79 Å². The van der Waals surface area contributed by atoms with Gasteiger partial charge in [-0.05, 0) is 47.0 Å². The number of rotatable bonds is 13. The second-order valence-corrected chi connectivity index (χ2v) is 9.74. The number of carbonyl (C=O) groups excluding carboxylic acids is 1. The zero-order valence-corrected chi connectivity index (χ0v) is 18.3. The van der Waals surface area contributed by atoms with Crippen molar-refractivity contribution < 1.29 is 9.90 Å². The number of unbranched alkanes of at least 4 members (excludes halogenated alkanes) is 9. The van der Waals surface area contributed by atoms with Gasteiger partial charge in [0.2, 0.25) is 0 Å². The Bertz CT molecular complexity index is 385. The van der Waals surface area contributed by atoms with Crippen LogP contribution in [0.3, 0.4) is 0 Å². The fourth-order valence-electron chi connectivity index (χ4n) is 4.76. The first-order valence-corrected chi connectivity index (χ1v) is 11.2. The Morgan fingerprint density at radius 3 is 1.73 bits per heavy atom. The van der Waals surface area contributed by atoms with Crippen LogP contribution in [0.1, 0.15) is 118 Å². The van der Waals surface area contributed by atoms with Gasteiger partial charge in [0.25, 0.3) is 0 Å². The molecule has 0 aromatic carbocycles. The fraction of sp³-hybridized carbons (Fsp3) is 0.957. The van der Waals surface area contributed by atoms with Crippen molar-refractivity contribution in [2.45, 2.75) is 135 Å². The number of hydrogen-bond acceptors (Lipinski definition) is 3. The summed E-state index contributed by atoms with van der Waals surface area (Å²) in [7, 11) is 0. The Balaban J connectivity index is 2.18. The second-order valence-electron chi connectivity index (χ2n) is 9.74. The lowest BCUT2D eigenvalue weighted by molar-refractivity contribution is -0.130. The Morgan fingerprint density at radius 1 is 0.846 bits per heavy atom. The molecular weight excluding hydrogens is 322 g/mol. The van der Waals surface area contributed by atoms with Gasteiger partial charge >= 0.3 is 0 Å². The number of Topliss-reactive ketones (excluding diaryl/α,β-unsaturated/α-hetero) is 1. The lowest BCUT2D eigenvalue weighted by Gasteiger charge is -2.54. The number of likely N-dealkylation sites (tertiary alicyclic amines) is 1. The molecule has 0 aliphatic carbocycles. The Hall–Kier alpha value is -0.410. The molecule has 1 heterocycles. The molecule has 1 N–H and O–H groups in total. The van der Waals surface area contributed by atoms with Gasteiger partial charge < -0.3 is 5.11 Å². The first-order chi connectivity index (χ1) is 12.2. The maximum atomic E-state index is 12.5. The van der Waals surface area contributed by atoms with Crippen LogP contribution in [0.25, 0.3) is 0 Å². The molecule has 0 unspecified atom stereocenters. The minimum atomic E-state index is -0.256. The summed E-state index contributed by atoms with van der Waals surface area (Å²) in [6.45, 7) is 11.4.